The van der Waals surface area contributed by atoms with Crippen molar-refractivity contribution in [1.82, 2.24) is 4.90 Å². The first-order valence-electron chi connectivity index (χ1n) is 5.51. The summed E-state index contributed by atoms with van der Waals surface area (Å²) in [5.41, 5.74) is 3.76. The number of aliphatic carboxylic acids is 1. The van der Waals surface area contributed by atoms with E-state index in [1.165, 1.54) is 11.1 Å². The van der Waals surface area contributed by atoms with Crippen molar-refractivity contribution in [2.24, 2.45) is 0 Å². The zero-order chi connectivity index (χ0) is 12.3. The number of rotatable bonds is 3. The van der Waals surface area contributed by atoms with Crippen LogP contribution in [-0.2, 0) is 17.8 Å². The van der Waals surface area contributed by atoms with Gasteiger partial charge in [0.05, 0.1) is 0 Å². The Labute approximate surface area is 105 Å². The van der Waals surface area contributed by atoms with Crippen molar-refractivity contribution < 1.29 is 9.90 Å². The molecule has 0 radical (unpaired) electrons. The van der Waals surface area contributed by atoms with E-state index in [0.717, 1.165) is 5.56 Å². The lowest BCUT2D eigenvalue weighted by Gasteiger charge is -2.33. The van der Waals surface area contributed by atoms with Crippen LogP contribution in [-0.4, -0.2) is 28.6 Å². The number of carboxylic acid groups (broad SMARTS) is 1. The molecular weight excluding hydrogens is 238 g/mol. The zero-order valence-corrected chi connectivity index (χ0v) is 10.1. The Kier molecular flexibility index (Phi) is 3.82. The molecule has 0 fully saturated rings. The van der Waals surface area contributed by atoms with Crippen molar-refractivity contribution >= 4 is 17.6 Å². The SMILES string of the molecule is O=C(O)[C@@H]1Cc2ccccc2CN1C/C=C/Cl. The summed E-state index contributed by atoms with van der Waals surface area (Å²) < 4.78 is 0. The van der Waals surface area contributed by atoms with Gasteiger partial charge in [-0.1, -0.05) is 41.9 Å². The molecule has 0 amide bonds. The van der Waals surface area contributed by atoms with E-state index < -0.39 is 12.0 Å². The number of nitrogens with zero attached hydrogens (tertiary/aromatic N) is 1. The maximum atomic E-state index is 11.2. The molecule has 1 aromatic carbocycles. The first-order chi connectivity index (χ1) is 8.22. The van der Waals surface area contributed by atoms with Crippen LogP contribution >= 0.6 is 11.6 Å². The largest absolute Gasteiger partial charge is 0.480 e. The molecular formula is C13H14ClNO2. The van der Waals surface area contributed by atoms with Crippen LogP contribution in [0.3, 0.4) is 0 Å². The number of carbonyl (C=O) groups is 1. The second-order valence-electron chi connectivity index (χ2n) is 4.12. The molecule has 0 saturated carbocycles. The minimum absolute atomic E-state index is 0.460. The van der Waals surface area contributed by atoms with Gasteiger partial charge in [0.1, 0.15) is 6.04 Å². The summed E-state index contributed by atoms with van der Waals surface area (Å²) in [6.07, 6.45) is 2.33. The van der Waals surface area contributed by atoms with Crippen LogP contribution in [0, 0.1) is 0 Å². The molecule has 0 saturated heterocycles. The minimum Gasteiger partial charge on any atom is -0.480 e. The monoisotopic (exact) mass is 251 g/mol. The highest BCUT2D eigenvalue weighted by molar-refractivity contribution is 6.25. The summed E-state index contributed by atoms with van der Waals surface area (Å²) in [6, 6.07) is 7.52. The smallest absolute Gasteiger partial charge is 0.321 e. The van der Waals surface area contributed by atoms with Gasteiger partial charge in [-0.05, 0) is 17.5 Å². The van der Waals surface area contributed by atoms with E-state index in [2.05, 4.69) is 0 Å². The van der Waals surface area contributed by atoms with Gasteiger partial charge < -0.3 is 5.11 Å². The van der Waals surface area contributed by atoms with E-state index >= 15 is 0 Å². The molecule has 1 atom stereocenters. The summed E-state index contributed by atoms with van der Waals surface area (Å²) in [5, 5.41) is 9.23. The van der Waals surface area contributed by atoms with Crippen LogP contribution in [0.1, 0.15) is 11.1 Å². The third-order valence-corrected chi connectivity index (χ3v) is 3.24. The normalized spacial score (nSPS) is 20.4. The summed E-state index contributed by atoms with van der Waals surface area (Å²) in [5.74, 6) is -0.775. The number of halogens is 1. The van der Waals surface area contributed by atoms with Gasteiger partial charge in [-0.3, -0.25) is 9.69 Å². The summed E-state index contributed by atoms with van der Waals surface area (Å²) in [7, 11) is 0. The van der Waals surface area contributed by atoms with Gasteiger partial charge in [0.2, 0.25) is 0 Å². The van der Waals surface area contributed by atoms with E-state index in [1.807, 2.05) is 29.2 Å². The second-order valence-corrected chi connectivity index (χ2v) is 4.37. The molecule has 1 aliphatic heterocycles. The standard InChI is InChI=1S/C13H14ClNO2/c14-6-3-7-15-9-11-5-2-1-4-10(11)8-12(15)13(16)17/h1-6,12H,7-9H2,(H,16,17)/b6-3+/t12-/m0/s1. The fraction of sp³-hybridized carbons (Fsp3) is 0.308. The number of carboxylic acids is 1. The van der Waals surface area contributed by atoms with Crippen molar-refractivity contribution in [1.29, 1.82) is 0 Å². The van der Waals surface area contributed by atoms with E-state index in [1.54, 1.807) is 6.08 Å². The predicted molar refractivity (Wildman–Crippen MR) is 67.0 cm³/mol. The highest BCUT2D eigenvalue weighted by Crippen LogP contribution is 2.23. The lowest BCUT2D eigenvalue weighted by atomic mass is 9.94. The average Bonchev–Trinajstić information content (AvgIpc) is 2.35. The summed E-state index contributed by atoms with van der Waals surface area (Å²) in [4.78, 5) is 13.2. The summed E-state index contributed by atoms with van der Waals surface area (Å²) in [6.45, 7) is 1.23. The molecule has 0 unspecified atom stereocenters. The lowest BCUT2D eigenvalue weighted by molar-refractivity contribution is -0.143. The lowest BCUT2D eigenvalue weighted by Crippen LogP contribution is -2.45. The number of benzene rings is 1. The number of hydrogen-bond acceptors (Lipinski definition) is 2. The Balaban J connectivity index is 2.24. The molecule has 4 heteroatoms. The molecule has 90 valence electrons. The van der Waals surface area contributed by atoms with Crippen molar-refractivity contribution in [3.05, 3.63) is 47.0 Å². The Hall–Kier alpha value is -1.32. The van der Waals surface area contributed by atoms with Crippen molar-refractivity contribution in [2.45, 2.75) is 19.0 Å². The van der Waals surface area contributed by atoms with E-state index in [9.17, 15) is 9.90 Å². The van der Waals surface area contributed by atoms with Gasteiger partial charge >= 0.3 is 5.97 Å². The molecule has 1 N–H and O–H groups in total. The van der Waals surface area contributed by atoms with Crippen LogP contribution < -0.4 is 0 Å². The molecule has 3 nitrogen and oxygen atoms in total. The van der Waals surface area contributed by atoms with E-state index in [0.29, 0.717) is 19.5 Å². The zero-order valence-electron chi connectivity index (χ0n) is 9.34. The van der Waals surface area contributed by atoms with Gasteiger partial charge in [0.15, 0.2) is 0 Å². The molecule has 1 heterocycles. The molecule has 0 aromatic heterocycles. The molecule has 1 aromatic rings. The maximum Gasteiger partial charge on any atom is 0.321 e. The third-order valence-electron chi connectivity index (χ3n) is 3.06. The van der Waals surface area contributed by atoms with Gasteiger partial charge in [-0.15, -0.1) is 0 Å². The fourth-order valence-electron chi connectivity index (χ4n) is 2.19. The van der Waals surface area contributed by atoms with E-state index in [-0.39, 0.29) is 0 Å². The van der Waals surface area contributed by atoms with Crippen LogP contribution in [0.2, 0.25) is 0 Å². The minimum atomic E-state index is -0.775. The number of fused-ring (bicyclic) bond motifs is 1. The topological polar surface area (TPSA) is 40.5 Å². The molecule has 0 spiro atoms. The Morgan fingerprint density at radius 1 is 1.47 bits per heavy atom. The van der Waals surface area contributed by atoms with Gasteiger partial charge in [0.25, 0.3) is 0 Å². The van der Waals surface area contributed by atoms with Crippen molar-refractivity contribution in [3.63, 3.8) is 0 Å². The van der Waals surface area contributed by atoms with Crippen LogP contribution in [0.15, 0.2) is 35.9 Å². The predicted octanol–water partition coefficient (Wildman–Crippen LogP) is 2.25. The van der Waals surface area contributed by atoms with Crippen LogP contribution in [0.25, 0.3) is 0 Å². The quantitative estimate of drug-likeness (QED) is 0.896. The Bertz CT molecular complexity index is 445. The highest BCUT2D eigenvalue weighted by atomic mass is 35.5. The second kappa shape index (κ2) is 5.34. The van der Waals surface area contributed by atoms with Crippen molar-refractivity contribution in [2.75, 3.05) is 6.54 Å². The third kappa shape index (κ3) is 2.68. The molecule has 0 aliphatic carbocycles. The van der Waals surface area contributed by atoms with E-state index in [4.69, 9.17) is 11.6 Å². The Morgan fingerprint density at radius 3 is 2.82 bits per heavy atom. The molecule has 0 bridgehead atoms. The Morgan fingerprint density at radius 2 is 2.18 bits per heavy atom. The van der Waals surface area contributed by atoms with Gasteiger partial charge in [-0.25, -0.2) is 0 Å². The van der Waals surface area contributed by atoms with Crippen LogP contribution in [0.5, 0.6) is 0 Å². The number of hydrogen-bond donors (Lipinski definition) is 1. The first kappa shape index (κ1) is 12.1. The molecule has 1 aliphatic rings. The summed E-state index contributed by atoms with van der Waals surface area (Å²) >= 11 is 5.49. The van der Waals surface area contributed by atoms with Gasteiger partial charge in [-0.2, -0.15) is 0 Å². The van der Waals surface area contributed by atoms with Crippen LogP contribution in [0.4, 0.5) is 0 Å². The van der Waals surface area contributed by atoms with Gasteiger partial charge in [0, 0.05) is 18.6 Å². The fourth-order valence-corrected chi connectivity index (χ4v) is 2.27. The molecule has 2 rings (SSSR count). The maximum absolute atomic E-state index is 11.2. The first-order valence-corrected chi connectivity index (χ1v) is 5.95. The van der Waals surface area contributed by atoms with Crippen molar-refractivity contribution in [3.8, 4) is 0 Å². The highest BCUT2D eigenvalue weighted by Gasteiger charge is 2.30. The average molecular weight is 252 g/mol. The molecule has 17 heavy (non-hydrogen) atoms.